The Bertz CT molecular complexity index is 1080. The zero-order chi connectivity index (χ0) is 19.8. The third-order valence-corrected chi connectivity index (χ3v) is 5.48. The van der Waals surface area contributed by atoms with Crippen molar-refractivity contribution in [3.05, 3.63) is 83.4 Å². The van der Waals surface area contributed by atoms with Crippen molar-refractivity contribution in [3.8, 4) is 11.5 Å². The second-order valence-electron chi connectivity index (χ2n) is 7.40. The number of hydrogen-bond donors (Lipinski definition) is 2. The molecule has 3 aromatic carbocycles. The summed E-state index contributed by atoms with van der Waals surface area (Å²) in [7, 11) is 0. The van der Waals surface area contributed by atoms with E-state index >= 15 is 0 Å². The van der Waals surface area contributed by atoms with Gasteiger partial charge in [-0.25, -0.2) is 0 Å². The first-order valence-corrected chi connectivity index (χ1v) is 9.76. The van der Waals surface area contributed by atoms with Crippen LogP contribution in [0.3, 0.4) is 0 Å². The number of ether oxygens (including phenoxy) is 1. The van der Waals surface area contributed by atoms with E-state index in [1.54, 1.807) is 0 Å². The minimum Gasteiger partial charge on any atom is -0.457 e. The zero-order valence-corrected chi connectivity index (χ0v) is 15.8. The first-order valence-electron chi connectivity index (χ1n) is 9.76. The van der Waals surface area contributed by atoms with Crippen LogP contribution < -0.4 is 15.4 Å². The molecule has 5 rings (SSSR count). The molecule has 3 aromatic rings. The molecular formula is C24H20N2O3. The van der Waals surface area contributed by atoms with Gasteiger partial charge >= 0.3 is 0 Å². The van der Waals surface area contributed by atoms with Crippen molar-refractivity contribution >= 4 is 23.2 Å². The molecule has 0 aromatic heterocycles. The number of carbonyl (C=O) groups excluding carboxylic acids is 2. The van der Waals surface area contributed by atoms with Gasteiger partial charge in [-0.1, -0.05) is 36.4 Å². The summed E-state index contributed by atoms with van der Waals surface area (Å²) in [4.78, 5) is 24.4. The molecule has 2 heterocycles. The van der Waals surface area contributed by atoms with Gasteiger partial charge in [0.15, 0.2) is 0 Å². The minimum atomic E-state index is -0.0620. The van der Waals surface area contributed by atoms with Crippen molar-refractivity contribution in [3.63, 3.8) is 0 Å². The van der Waals surface area contributed by atoms with Gasteiger partial charge in [0.1, 0.15) is 11.5 Å². The number of amides is 2. The molecule has 2 amide bonds. The highest BCUT2D eigenvalue weighted by atomic mass is 16.5. The predicted molar refractivity (Wildman–Crippen MR) is 111 cm³/mol. The van der Waals surface area contributed by atoms with Gasteiger partial charge in [0, 0.05) is 41.3 Å². The summed E-state index contributed by atoms with van der Waals surface area (Å²) in [6.45, 7) is 0. The van der Waals surface area contributed by atoms with Gasteiger partial charge in [0.2, 0.25) is 11.8 Å². The molecule has 0 atom stereocenters. The van der Waals surface area contributed by atoms with Crippen LogP contribution >= 0.6 is 0 Å². The van der Waals surface area contributed by atoms with Crippen LogP contribution in [0.25, 0.3) is 0 Å². The van der Waals surface area contributed by atoms with Crippen molar-refractivity contribution in [2.75, 3.05) is 10.6 Å². The summed E-state index contributed by atoms with van der Waals surface area (Å²) in [5, 5.41) is 5.88. The Morgan fingerprint density at radius 1 is 0.966 bits per heavy atom. The SMILES string of the molecule is O=C(CC1c2ccccc2Oc2ccccc21)Nc1ccc2c(c1)CCC(=O)N2. The summed E-state index contributed by atoms with van der Waals surface area (Å²) in [5.41, 5.74) is 4.67. The third kappa shape index (κ3) is 3.36. The van der Waals surface area contributed by atoms with Gasteiger partial charge in [0.25, 0.3) is 0 Å². The monoisotopic (exact) mass is 384 g/mol. The molecule has 0 aliphatic carbocycles. The van der Waals surface area contributed by atoms with Crippen LogP contribution in [-0.2, 0) is 16.0 Å². The van der Waals surface area contributed by atoms with Crippen LogP contribution in [0.5, 0.6) is 11.5 Å². The topological polar surface area (TPSA) is 67.4 Å². The Labute approximate surface area is 168 Å². The van der Waals surface area contributed by atoms with Crippen LogP contribution in [0.1, 0.15) is 35.4 Å². The van der Waals surface area contributed by atoms with E-state index in [0.29, 0.717) is 19.3 Å². The second-order valence-corrected chi connectivity index (χ2v) is 7.40. The number of aryl methyl sites for hydroxylation is 1. The predicted octanol–water partition coefficient (Wildman–Crippen LogP) is 4.84. The fraction of sp³-hybridized carbons (Fsp3) is 0.167. The molecule has 5 heteroatoms. The Kier molecular flexibility index (Phi) is 4.28. The quantitative estimate of drug-likeness (QED) is 0.679. The van der Waals surface area contributed by atoms with Gasteiger partial charge in [-0.3, -0.25) is 9.59 Å². The van der Waals surface area contributed by atoms with Gasteiger partial charge in [-0.05, 0) is 42.3 Å². The van der Waals surface area contributed by atoms with E-state index in [1.807, 2.05) is 66.7 Å². The molecule has 2 aliphatic rings. The maximum atomic E-state index is 12.9. The molecule has 2 N–H and O–H groups in total. The van der Waals surface area contributed by atoms with Gasteiger partial charge in [0.05, 0.1) is 0 Å². The molecular weight excluding hydrogens is 364 g/mol. The number of anilines is 2. The lowest BCUT2D eigenvalue weighted by molar-refractivity contribution is -0.117. The summed E-state index contributed by atoms with van der Waals surface area (Å²) in [6.07, 6.45) is 1.48. The first-order chi connectivity index (χ1) is 14.2. The van der Waals surface area contributed by atoms with Crippen LogP contribution in [0.15, 0.2) is 66.7 Å². The number of para-hydroxylation sites is 2. The highest BCUT2D eigenvalue weighted by molar-refractivity contribution is 5.96. The number of carbonyl (C=O) groups is 2. The normalized spacial score (nSPS) is 14.7. The van der Waals surface area contributed by atoms with E-state index in [-0.39, 0.29) is 17.7 Å². The maximum absolute atomic E-state index is 12.9. The van der Waals surface area contributed by atoms with Crippen molar-refractivity contribution in [2.24, 2.45) is 0 Å². The molecule has 0 spiro atoms. The van der Waals surface area contributed by atoms with E-state index in [4.69, 9.17) is 4.74 Å². The van der Waals surface area contributed by atoms with E-state index in [1.165, 1.54) is 0 Å². The number of rotatable bonds is 3. The van der Waals surface area contributed by atoms with Crippen molar-refractivity contribution in [1.82, 2.24) is 0 Å². The van der Waals surface area contributed by atoms with E-state index in [0.717, 1.165) is 39.6 Å². The molecule has 0 radical (unpaired) electrons. The largest absolute Gasteiger partial charge is 0.457 e. The zero-order valence-electron chi connectivity index (χ0n) is 15.8. The molecule has 144 valence electrons. The highest BCUT2D eigenvalue weighted by Gasteiger charge is 2.28. The van der Waals surface area contributed by atoms with Crippen LogP contribution in [0.2, 0.25) is 0 Å². The summed E-state index contributed by atoms with van der Waals surface area (Å²) in [6, 6.07) is 21.4. The highest BCUT2D eigenvalue weighted by Crippen LogP contribution is 2.45. The average Bonchev–Trinajstić information content (AvgIpc) is 2.73. The fourth-order valence-corrected chi connectivity index (χ4v) is 4.09. The Morgan fingerprint density at radius 2 is 1.66 bits per heavy atom. The second kappa shape index (κ2) is 7.09. The Hall–Kier alpha value is -3.60. The van der Waals surface area contributed by atoms with Crippen molar-refractivity contribution < 1.29 is 14.3 Å². The lowest BCUT2D eigenvalue weighted by atomic mass is 9.85. The molecule has 0 unspecified atom stereocenters. The number of nitrogens with one attached hydrogen (secondary N) is 2. The summed E-state index contributed by atoms with van der Waals surface area (Å²) < 4.78 is 6.01. The fourth-order valence-electron chi connectivity index (χ4n) is 4.09. The molecule has 29 heavy (non-hydrogen) atoms. The van der Waals surface area contributed by atoms with E-state index in [9.17, 15) is 9.59 Å². The molecule has 5 nitrogen and oxygen atoms in total. The van der Waals surface area contributed by atoms with Crippen LogP contribution in [0.4, 0.5) is 11.4 Å². The van der Waals surface area contributed by atoms with Gasteiger partial charge in [-0.2, -0.15) is 0 Å². The van der Waals surface area contributed by atoms with Crippen molar-refractivity contribution in [2.45, 2.75) is 25.2 Å². The number of hydrogen-bond acceptors (Lipinski definition) is 3. The molecule has 0 saturated carbocycles. The lowest BCUT2D eigenvalue weighted by Gasteiger charge is -2.28. The van der Waals surface area contributed by atoms with Crippen molar-refractivity contribution in [1.29, 1.82) is 0 Å². The minimum absolute atomic E-state index is 0.0335. The molecule has 0 saturated heterocycles. The standard InChI is InChI=1S/C24H20N2O3/c27-23-12-9-15-13-16(10-11-20(15)26-23)25-24(28)14-19-17-5-1-3-7-21(17)29-22-8-4-2-6-18(19)22/h1-8,10-11,13,19H,9,12,14H2,(H,25,28)(H,26,27). The molecule has 0 fully saturated rings. The molecule has 0 bridgehead atoms. The Morgan fingerprint density at radius 3 is 2.38 bits per heavy atom. The lowest BCUT2D eigenvalue weighted by Crippen LogP contribution is -2.21. The maximum Gasteiger partial charge on any atom is 0.225 e. The van der Waals surface area contributed by atoms with Gasteiger partial charge < -0.3 is 15.4 Å². The smallest absolute Gasteiger partial charge is 0.225 e. The number of fused-ring (bicyclic) bond motifs is 3. The van der Waals surface area contributed by atoms with E-state index in [2.05, 4.69) is 10.6 Å². The average molecular weight is 384 g/mol. The first kappa shape index (κ1) is 17.5. The van der Waals surface area contributed by atoms with E-state index < -0.39 is 0 Å². The number of benzene rings is 3. The molecule has 2 aliphatic heterocycles. The summed E-state index contributed by atoms with van der Waals surface area (Å²) >= 11 is 0. The summed E-state index contributed by atoms with van der Waals surface area (Å²) in [5.74, 6) is 1.52. The van der Waals surface area contributed by atoms with Crippen LogP contribution in [-0.4, -0.2) is 11.8 Å². The third-order valence-electron chi connectivity index (χ3n) is 5.48. The Balaban J connectivity index is 1.38. The van der Waals surface area contributed by atoms with Crippen LogP contribution in [0, 0.1) is 0 Å². The van der Waals surface area contributed by atoms with Gasteiger partial charge in [-0.15, -0.1) is 0 Å².